The molecule has 2 saturated heterocycles. The topological polar surface area (TPSA) is 75.7 Å². The highest BCUT2D eigenvalue weighted by atomic mass is 35.6. The molecule has 2 heterocycles. The van der Waals surface area contributed by atoms with Crippen molar-refractivity contribution in [1.82, 2.24) is 4.90 Å². The van der Waals surface area contributed by atoms with Crippen LogP contribution in [0.2, 0.25) is 18.1 Å². The van der Waals surface area contributed by atoms with Crippen LogP contribution in [0, 0.1) is 11.8 Å². The molecule has 2 aliphatic rings. The molecule has 2 aliphatic heterocycles. The average Bonchev–Trinajstić information content (AvgIpc) is 3.17. The molecule has 0 aliphatic carbocycles. The van der Waals surface area contributed by atoms with Gasteiger partial charge in [-0.2, -0.15) is 0 Å². The number of halogens is 3. The zero-order valence-corrected chi connectivity index (χ0v) is 25.9. The van der Waals surface area contributed by atoms with Gasteiger partial charge in [0.15, 0.2) is 14.1 Å². The molecule has 208 valence electrons. The summed E-state index contributed by atoms with van der Waals surface area (Å²) in [6.45, 7) is 18.7. The Morgan fingerprint density at radius 2 is 1.64 bits per heavy atom. The first-order valence-corrected chi connectivity index (χ1v) is 16.2. The van der Waals surface area contributed by atoms with E-state index in [1.54, 1.807) is 0 Å². The summed E-state index contributed by atoms with van der Waals surface area (Å²) in [5.74, 6) is 5.25. The number of carbonyl (C=O) groups is 1. The van der Waals surface area contributed by atoms with E-state index in [1.165, 1.54) is 4.90 Å². The van der Waals surface area contributed by atoms with Crippen molar-refractivity contribution < 1.29 is 32.9 Å². The van der Waals surface area contributed by atoms with E-state index in [4.69, 9.17) is 62.9 Å². The molecule has 8 nitrogen and oxygen atoms in total. The smallest absolute Gasteiger partial charge is 0.411 e. The number of carbonyl (C=O) groups excluding carboxylic acids is 1. The van der Waals surface area contributed by atoms with E-state index in [9.17, 15) is 4.79 Å². The zero-order valence-electron chi connectivity index (χ0n) is 22.7. The van der Waals surface area contributed by atoms with E-state index < -0.39 is 61.2 Å². The lowest BCUT2D eigenvalue weighted by Gasteiger charge is -2.39. The van der Waals surface area contributed by atoms with Crippen LogP contribution in [-0.4, -0.2) is 85.9 Å². The molecule has 0 spiro atoms. The van der Waals surface area contributed by atoms with Crippen LogP contribution in [-0.2, 0) is 28.1 Å². The van der Waals surface area contributed by atoms with Gasteiger partial charge in [0.2, 0.25) is 10.1 Å². The summed E-state index contributed by atoms with van der Waals surface area (Å²) in [5.41, 5.74) is 0. The summed E-state index contributed by atoms with van der Waals surface area (Å²) in [7, 11) is -2.16. The number of hydrogen-bond acceptors (Lipinski definition) is 7. The van der Waals surface area contributed by atoms with E-state index in [1.807, 2.05) is 27.7 Å². The monoisotopic (exact) mass is 587 g/mol. The maximum Gasteiger partial charge on any atom is 0.411 e. The molecule has 2 rings (SSSR count). The Balaban J connectivity index is 2.45. The molecule has 1 amide bonds. The Hall–Kier alpha value is -0.283. The summed E-state index contributed by atoms with van der Waals surface area (Å²) in [5, 5.41) is -0.0282. The Kier molecular flexibility index (Phi) is 10.9. The third kappa shape index (κ3) is 8.36. The number of amides is 1. The molecule has 4 atom stereocenters. The number of likely N-dealkylation sites (tertiary alicyclic amines) is 1. The van der Waals surface area contributed by atoms with Gasteiger partial charge in [-0.3, -0.25) is 4.90 Å². The number of hydrogen-bond donors (Lipinski definition) is 0. The quantitative estimate of drug-likeness (QED) is 0.161. The Morgan fingerprint density at radius 1 is 1.08 bits per heavy atom. The zero-order chi connectivity index (χ0) is 27.5. The van der Waals surface area contributed by atoms with Crippen molar-refractivity contribution >= 4 is 49.2 Å². The molecule has 0 aromatic carbocycles. The number of rotatable bonds is 8. The van der Waals surface area contributed by atoms with Crippen LogP contribution in [0.4, 0.5) is 4.79 Å². The average molecular weight is 589 g/mol. The Bertz CT molecular complexity index is 813. The van der Waals surface area contributed by atoms with Gasteiger partial charge in [-0.15, -0.1) is 0 Å². The van der Waals surface area contributed by atoms with Crippen molar-refractivity contribution in [2.75, 3.05) is 26.4 Å². The van der Waals surface area contributed by atoms with Crippen molar-refractivity contribution in [2.45, 2.75) is 107 Å². The van der Waals surface area contributed by atoms with Gasteiger partial charge >= 0.3 is 6.09 Å². The van der Waals surface area contributed by atoms with E-state index in [0.717, 1.165) is 0 Å². The maximum atomic E-state index is 13.4. The van der Waals surface area contributed by atoms with Crippen molar-refractivity contribution in [2.24, 2.45) is 0 Å². The van der Waals surface area contributed by atoms with Crippen LogP contribution >= 0.6 is 34.8 Å². The minimum absolute atomic E-state index is 0.0282. The summed E-state index contributed by atoms with van der Waals surface area (Å²) in [6.07, 6.45) is -2.50. The highest BCUT2D eigenvalue weighted by Gasteiger charge is 2.60. The molecular formula is C24H40Cl3NO7Si. The summed E-state index contributed by atoms with van der Waals surface area (Å²) >= 11 is 17.5. The number of fused-ring (bicyclic) bond motifs is 1. The van der Waals surface area contributed by atoms with E-state index in [0.29, 0.717) is 13.2 Å². The summed E-state index contributed by atoms with van der Waals surface area (Å²) in [4.78, 5) is 14.8. The number of ether oxygens (including phenoxy) is 5. The van der Waals surface area contributed by atoms with E-state index >= 15 is 0 Å². The fourth-order valence-corrected chi connectivity index (χ4v) is 4.96. The third-order valence-corrected chi connectivity index (χ3v) is 11.3. The minimum Gasteiger partial charge on any atom is -0.445 e. The van der Waals surface area contributed by atoms with Gasteiger partial charge < -0.3 is 28.1 Å². The highest BCUT2D eigenvalue weighted by Crippen LogP contribution is 2.43. The normalized spacial score (nSPS) is 26.1. The predicted molar refractivity (Wildman–Crippen MR) is 143 cm³/mol. The fraction of sp³-hybridized carbons (Fsp3) is 0.875. The lowest BCUT2D eigenvalue weighted by atomic mass is 10.1. The molecule has 2 fully saturated rings. The number of alkyl halides is 3. The van der Waals surface area contributed by atoms with Gasteiger partial charge in [-0.05, 0) is 51.7 Å². The van der Waals surface area contributed by atoms with Crippen LogP contribution in [0.1, 0.15) is 48.5 Å². The SMILES string of the molecule is CCOC(C#CC1[C@@H]2OC(C)(C)O[C@@H]2[C@@H](CO[Si](C)(C)C(C)(C)C)N1C(=O)OCC(Cl)(Cl)Cl)OCC. The maximum absolute atomic E-state index is 13.4. The Labute approximate surface area is 231 Å². The third-order valence-electron chi connectivity index (χ3n) is 6.49. The summed E-state index contributed by atoms with van der Waals surface area (Å²) < 4.78 is 33.7. The lowest BCUT2D eigenvalue weighted by Crippen LogP contribution is -2.51. The molecule has 12 heteroatoms. The van der Waals surface area contributed by atoms with E-state index in [-0.39, 0.29) is 11.6 Å². The second-order valence-electron chi connectivity index (χ2n) is 10.8. The summed E-state index contributed by atoms with van der Waals surface area (Å²) in [6, 6.07) is -1.26. The molecule has 0 radical (unpaired) electrons. The van der Waals surface area contributed by atoms with Crippen molar-refractivity contribution in [3.05, 3.63) is 0 Å². The first kappa shape index (κ1) is 31.9. The number of nitrogens with zero attached hydrogens (tertiary/aromatic N) is 1. The van der Waals surface area contributed by atoms with Crippen molar-refractivity contribution in [3.8, 4) is 11.8 Å². The second kappa shape index (κ2) is 12.3. The predicted octanol–water partition coefficient (Wildman–Crippen LogP) is 5.49. The van der Waals surface area contributed by atoms with Gasteiger partial charge in [0.1, 0.15) is 24.9 Å². The molecule has 36 heavy (non-hydrogen) atoms. The minimum atomic E-state index is -2.16. The molecule has 0 bridgehead atoms. The second-order valence-corrected chi connectivity index (χ2v) is 18.1. The first-order chi connectivity index (χ1) is 16.4. The van der Waals surface area contributed by atoms with Gasteiger partial charge in [0.25, 0.3) is 0 Å². The van der Waals surface area contributed by atoms with Crippen LogP contribution in [0.15, 0.2) is 0 Å². The largest absolute Gasteiger partial charge is 0.445 e. The van der Waals surface area contributed by atoms with Crippen molar-refractivity contribution in [1.29, 1.82) is 0 Å². The van der Waals surface area contributed by atoms with Crippen LogP contribution in [0.3, 0.4) is 0 Å². The van der Waals surface area contributed by atoms with Crippen LogP contribution < -0.4 is 0 Å². The fourth-order valence-electron chi connectivity index (χ4n) is 3.77. The lowest BCUT2D eigenvalue weighted by molar-refractivity contribution is -0.164. The van der Waals surface area contributed by atoms with Gasteiger partial charge in [0, 0.05) is 13.2 Å². The van der Waals surface area contributed by atoms with Gasteiger partial charge in [-0.1, -0.05) is 61.5 Å². The molecule has 0 saturated carbocycles. The molecule has 0 aromatic rings. The van der Waals surface area contributed by atoms with Gasteiger partial charge in [0.05, 0.1) is 12.6 Å². The molecule has 1 unspecified atom stereocenters. The van der Waals surface area contributed by atoms with E-state index in [2.05, 4.69) is 45.7 Å². The molecule has 0 N–H and O–H groups in total. The first-order valence-electron chi connectivity index (χ1n) is 12.2. The van der Waals surface area contributed by atoms with Crippen molar-refractivity contribution in [3.63, 3.8) is 0 Å². The molecule has 0 aromatic heterocycles. The Morgan fingerprint density at radius 3 is 2.14 bits per heavy atom. The van der Waals surface area contributed by atoms with Gasteiger partial charge in [-0.25, -0.2) is 4.79 Å². The standard InChI is InChI=1S/C24H40Cl3NO7Si/c1-10-30-18(31-11-2)13-12-16-19-20(35-23(6,7)34-19)17(14-33-36(8,9)22(3,4)5)28(16)21(29)32-15-24(25,26)27/h16-20H,10-11,14-15H2,1-9H3/t16?,17-,19+,20-/m1/s1. The molecular weight excluding hydrogens is 549 g/mol. The van der Waals surface area contributed by atoms with Crippen LogP contribution in [0.25, 0.3) is 0 Å². The highest BCUT2D eigenvalue weighted by molar-refractivity contribution is 6.74. The van der Waals surface area contributed by atoms with Crippen LogP contribution in [0.5, 0.6) is 0 Å².